The van der Waals surface area contributed by atoms with Gasteiger partial charge in [-0.2, -0.15) is 0 Å². The van der Waals surface area contributed by atoms with E-state index in [0.29, 0.717) is 6.42 Å². The number of hydrogen-bond acceptors (Lipinski definition) is 2. The largest absolute Gasteiger partial charge is 0.340 e. The van der Waals surface area contributed by atoms with Gasteiger partial charge >= 0.3 is 0 Å². The number of rotatable bonds is 4. The lowest BCUT2D eigenvalue weighted by atomic mass is 9.99. The highest BCUT2D eigenvalue weighted by Gasteiger charge is 2.26. The van der Waals surface area contributed by atoms with Gasteiger partial charge in [0.1, 0.15) is 0 Å². The summed E-state index contributed by atoms with van der Waals surface area (Å²) in [6, 6.07) is 9.80. The summed E-state index contributed by atoms with van der Waals surface area (Å²) >= 11 is 0. The van der Waals surface area contributed by atoms with Crippen LogP contribution in [0.25, 0.3) is 4.85 Å². The Hall–Kier alpha value is -2.04. The second-order valence-corrected chi connectivity index (χ2v) is 4.57. The van der Waals surface area contributed by atoms with Crippen LogP contribution in [0.1, 0.15) is 20.3 Å². The Bertz CT molecular complexity index is 462. The summed E-state index contributed by atoms with van der Waals surface area (Å²) in [4.78, 5) is 5.47. The Labute approximate surface area is 103 Å². The Morgan fingerprint density at radius 2 is 2.00 bits per heavy atom. The first-order valence-corrected chi connectivity index (χ1v) is 5.46. The maximum atomic E-state index is 7.36. The molecule has 0 spiro atoms. The Morgan fingerprint density at radius 3 is 2.47 bits per heavy atom. The van der Waals surface area contributed by atoms with Gasteiger partial charge in [-0.1, -0.05) is 18.2 Å². The van der Waals surface area contributed by atoms with Crippen LogP contribution in [-0.4, -0.2) is 18.5 Å². The van der Waals surface area contributed by atoms with Crippen LogP contribution in [-0.2, 0) is 0 Å². The highest BCUT2D eigenvalue weighted by molar-refractivity contribution is 5.65. The van der Waals surface area contributed by atoms with E-state index in [-0.39, 0.29) is 0 Å². The van der Waals surface area contributed by atoms with Crippen LogP contribution in [0.3, 0.4) is 0 Å². The molecule has 0 aliphatic heterocycles. The van der Waals surface area contributed by atoms with Crippen LogP contribution in [0.5, 0.6) is 0 Å². The van der Waals surface area contributed by atoms with Gasteiger partial charge in [-0.3, -0.25) is 5.41 Å². The molecule has 1 rings (SSSR count). The van der Waals surface area contributed by atoms with E-state index in [0.717, 1.165) is 11.4 Å². The third-order valence-electron chi connectivity index (χ3n) is 2.60. The average Bonchev–Trinajstić information content (AvgIpc) is 2.36. The van der Waals surface area contributed by atoms with Gasteiger partial charge in [-0.05, 0) is 18.0 Å². The molecule has 0 saturated carbocycles. The van der Waals surface area contributed by atoms with E-state index < -0.39 is 5.54 Å². The fraction of sp³-hybridized carbons (Fsp3) is 0.357. The summed E-state index contributed by atoms with van der Waals surface area (Å²) in [5.74, 6) is 2.44. The quantitative estimate of drug-likeness (QED) is 0.620. The van der Waals surface area contributed by atoms with Crippen molar-refractivity contribution in [2.75, 3.05) is 11.9 Å². The highest BCUT2D eigenvalue weighted by atomic mass is 15.1. The minimum absolute atomic E-state index is 0.494. The molecule has 0 radical (unpaired) electrons. The first-order valence-electron chi connectivity index (χ1n) is 5.46. The minimum atomic E-state index is -0.494. The normalized spacial score (nSPS) is 10.2. The SMILES string of the molecule is [C-]#[N+]C(C)(C)CC(=C=N)N(C)c1ccccc1. The van der Waals surface area contributed by atoms with Gasteiger partial charge in [0.25, 0.3) is 0 Å². The van der Waals surface area contributed by atoms with E-state index in [2.05, 4.69) is 10.7 Å². The summed E-state index contributed by atoms with van der Waals surface area (Å²) in [7, 11) is 1.90. The number of hydrogen-bond donors (Lipinski definition) is 1. The molecule has 3 nitrogen and oxygen atoms in total. The standard InChI is InChI=1S/C14H17N3/c1-14(2,16-3)10-13(11-15)17(4)12-8-6-5-7-9-12/h5-9,15H,10H2,1-2,4H3. The minimum Gasteiger partial charge on any atom is -0.340 e. The van der Waals surface area contributed by atoms with E-state index in [1.54, 1.807) is 0 Å². The highest BCUT2D eigenvalue weighted by Crippen LogP contribution is 2.24. The van der Waals surface area contributed by atoms with Gasteiger partial charge in [0, 0.05) is 26.6 Å². The van der Waals surface area contributed by atoms with Crippen LogP contribution in [0.2, 0.25) is 0 Å². The summed E-state index contributed by atoms with van der Waals surface area (Å²) in [5, 5.41) is 7.36. The van der Waals surface area contributed by atoms with Crippen molar-refractivity contribution in [2.24, 2.45) is 0 Å². The topological polar surface area (TPSA) is 31.5 Å². The summed E-state index contributed by atoms with van der Waals surface area (Å²) < 4.78 is 0. The first-order chi connectivity index (χ1) is 8.00. The molecule has 1 aromatic carbocycles. The molecule has 0 atom stereocenters. The zero-order valence-corrected chi connectivity index (χ0v) is 10.5. The maximum absolute atomic E-state index is 7.36. The molecule has 0 aliphatic rings. The van der Waals surface area contributed by atoms with Crippen molar-refractivity contribution in [3.05, 3.63) is 47.4 Å². The Kier molecular flexibility index (Phi) is 4.09. The lowest BCUT2D eigenvalue weighted by Crippen LogP contribution is -2.24. The molecule has 0 fully saturated rings. The van der Waals surface area contributed by atoms with Crippen molar-refractivity contribution in [2.45, 2.75) is 25.8 Å². The summed E-state index contributed by atoms with van der Waals surface area (Å²) in [6.07, 6.45) is 0.519. The molecular formula is C14H17N3. The second kappa shape index (κ2) is 5.34. The first kappa shape index (κ1) is 13.0. The number of nitrogens with one attached hydrogen (secondary N) is 1. The van der Waals surface area contributed by atoms with E-state index in [1.165, 1.54) is 0 Å². The molecule has 3 heteroatoms. The molecule has 1 aromatic rings. The van der Waals surface area contributed by atoms with Crippen molar-refractivity contribution < 1.29 is 0 Å². The average molecular weight is 227 g/mol. The number of anilines is 1. The zero-order valence-electron chi connectivity index (χ0n) is 10.5. The van der Waals surface area contributed by atoms with Crippen LogP contribution < -0.4 is 4.90 Å². The number of nitrogens with zero attached hydrogens (tertiary/aromatic N) is 2. The van der Waals surface area contributed by atoms with Gasteiger partial charge in [-0.25, -0.2) is 6.57 Å². The van der Waals surface area contributed by atoms with Crippen LogP contribution in [0.15, 0.2) is 36.0 Å². The smallest absolute Gasteiger partial charge is 0.233 e. The molecule has 17 heavy (non-hydrogen) atoms. The number of benzene rings is 1. The van der Waals surface area contributed by atoms with Crippen molar-refractivity contribution >= 4 is 11.6 Å². The van der Waals surface area contributed by atoms with Crippen molar-refractivity contribution in [1.29, 1.82) is 5.41 Å². The molecule has 0 bridgehead atoms. The van der Waals surface area contributed by atoms with E-state index in [1.807, 2.05) is 56.1 Å². The van der Waals surface area contributed by atoms with Crippen molar-refractivity contribution in [1.82, 2.24) is 0 Å². The van der Waals surface area contributed by atoms with Crippen LogP contribution >= 0.6 is 0 Å². The van der Waals surface area contributed by atoms with E-state index >= 15 is 0 Å². The molecule has 88 valence electrons. The van der Waals surface area contributed by atoms with Gasteiger partial charge < -0.3 is 9.74 Å². The molecule has 0 unspecified atom stereocenters. The lowest BCUT2D eigenvalue weighted by molar-refractivity contribution is 0.600. The zero-order chi connectivity index (χ0) is 12.9. The molecule has 0 heterocycles. The third kappa shape index (κ3) is 3.48. The molecule has 0 aliphatic carbocycles. The van der Waals surface area contributed by atoms with Crippen molar-refractivity contribution in [3.63, 3.8) is 0 Å². The second-order valence-electron chi connectivity index (χ2n) is 4.57. The summed E-state index contributed by atoms with van der Waals surface area (Å²) in [6.45, 7) is 10.9. The Balaban J connectivity index is 2.92. The van der Waals surface area contributed by atoms with Gasteiger partial charge in [0.05, 0.1) is 12.1 Å². The van der Waals surface area contributed by atoms with E-state index in [4.69, 9.17) is 12.0 Å². The van der Waals surface area contributed by atoms with E-state index in [9.17, 15) is 0 Å². The fourth-order valence-electron chi connectivity index (χ4n) is 1.50. The predicted octanol–water partition coefficient (Wildman–Crippen LogP) is 3.34. The summed E-state index contributed by atoms with van der Waals surface area (Å²) in [5.41, 5.74) is 1.23. The molecule has 0 aromatic heterocycles. The molecule has 1 N–H and O–H groups in total. The van der Waals surface area contributed by atoms with Crippen LogP contribution in [0, 0.1) is 12.0 Å². The fourth-order valence-corrected chi connectivity index (χ4v) is 1.50. The molecular weight excluding hydrogens is 210 g/mol. The van der Waals surface area contributed by atoms with Gasteiger partial charge in [0.2, 0.25) is 5.54 Å². The Morgan fingerprint density at radius 1 is 1.41 bits per heavy atom. The third-order valence-corrected chi connectivity index (χ3v) is 2.60. The maximum Gasteiger partial charge on any atom is 0.233 e. The predicted molar refractivity (Wildman–Crippen MR) is 71.4 cm³/mol. The lowest BCUT2D eigenvalue weighted by Gasteiger charge is -2.22. The van der Waals surface area contributed by atoms with Gasteiger partial charge in [-0.15, -0.1) is 0 Å². The molecule has 0 saturated heterocycles. The van der Waals surface area contributed by atoms with Gasteiger partial charge in [0.15, 0.2) is 0 Å². The monoisotopic (exact) mass is 227 g/mol. The van der Waals surface area contributed by atoms with Crippen LogP contribution in [0.4, 0.5) is 5.69 Å². The molecule has 0 amide bonds. The number of para-hydroxylation sites is 1. The van der Waals surface area contributed by atoms with Crippen molar-refractivity contribution in [3.8, 4) is 0 Å².